The van der Waals surface area contributed by atoms with Gasteiger partial charge in [-0.05, 0) is 68.3 Å². The van der Waals surface area contributed by atoms with Crippen LogP contribution in [0.5, 0.6) is 11.6 Å². The highest BCUT2D eigenvalue weighted by atomic mass is 32.2. The maximum Gasteiger partial charge on any atom is 0.237 e. The first-order valence-corrected chi connectivity index (χ1v) is 10.1. The number of amides is 1. The minimum atomic E-state index is -0.0656. The van der Waals surface area contributed by atoms with Gasteiger partial charge in [0.15, 0.2) is 0 Å². The molecule has 0 atom stereocenters. The number of anilines is 1. The number of carbonyl (C=O) groups is 1. The third-order valence-electron chi connectivity index (χ3n) is 4.28. The molecule has 0 aliphatic rings. The van der Waals surface area contributed by atoms with Crippen LogP contribution in [0.2, 0.25) is 0 Å². The molecule has 146 valence electrons. The molecule has 0 aliphatic heterocycles. The Kier molecular flexibility index (Phi) is 6.53. The molecular weight excluding hydrogens is 382 g/mol. The van der Waals surface area contributed by atoms with Gasteiger partial charge in [0, 0.05) is 16.8 Å². The van der Waals surface area contributed by atoms with Gasteiger partial charge in [0.1, 0.15) is 17.4 Å². The molecule has 2 aromatic carbocycles. The van der Waals surface area contributed by atoms with Crippen LogP contribution in [0.4, 0.5) is 5.69 Å². The fourth-order valence-electron chi connectivity index (χ4n) is 2.70. The van der Waals surface area contributed by atoms with Crippen molar-refractivity contribution in [3.05, 3.63) is 77.0 Å². The number of thioether (sulfide) groups is 1. The maximum atomic E-state index is 12.4. The van der Waals surface area contributed by atoms with Crippen molar-refractivity contribution < 1.29 is 9.53 Å². The third-order valence-corrected chi connectivity index (χ3v) is 5.44. The summed E-state index contributed by atoms with van der Waals surface area (Å²) in [6, 6.07) is 17.0. The zero-order valence-electron chi connectivity index (χ0n) is 16.5. The molecule has 1 amide bonds. The van der Waals surface area contributed by atoms with E-state index in [4.69, 9.17) is 10.00 Å². The van der Waals surface area contributed by atoms with Crippen molar-refractivity contribution >= 4 is 23.4 Å². The summed E-state index contributed by atoms with van der Waals surface area (Å²) >= 11 is 1.53. The smallest absolute Gasteiger partial charge is 0.237 e. The van der Waals surface area contributed by atoms with E-state index in [0.29, 0.717) is 17.1 Å². The predicted molar refractivity (Wildman–Crippen MR) is 115 cm³/mol. The number of aromatic nitrogens is 1. The Morgan fingerprint density at radius 1 is 1.14 bits per heavy atom. The van der Waals surface area contributed by atoms with Crippen LogP contribution in [0.15, 0.2) is 59.6 Å². The maximum absolute atomic E-state index is 12.4. The highest BCUT2D eigenvalue weighted by molar-refractivity contribution is 8.00. The van der Waals surface area contributed by atoms with Gasteiger partial charge < -0.3 is 10.1 Å². The van der Waals surface area contributed by atoms with E-state index in [1.54, 1.807) is 30.5 Å². The number of nitriles is 1. The molecule has 0 spiro atoms. The van der Waals surface area contributed by atoms with Crippen LogP contribution < -0.4 is 10.1 Å². The fourth-order valence-corrected chi connectivity index (χ4v) is 3.62. The molecule has 0 unspecified atom stereocenters. The molecule has 29 heavy (non-hydrogen) atoms. The van der Waals surface area contributed by atoms with Gasteiger partial charge in [-0.1, -0.05) is 17.7 Å². The van der Waals surface area contributed by atoms with Crippen LogP contribution >= 0.6 is 11.8 Å². The molecule has 3 aromatic rings. The highest BCUT2D eigenvalue weighted by Crippen LogP contribution is 2.27. The first-order chi connectivity index (χ1) is 14.0. The van der Waals surface area contributed by atoms with Crippen LogP contribution in [0.25, 0.3) is 0 Å². The number of pyridine rings is 1. The highest BCUT2D eigenvalue weighted by Gasteiger charge is 2.10. The predicted octanol–water partition coefficient (Wildman–Crippen LogP) is 5.40. The summed E-state index contributed by atoms with van der Waals surface area (Å²) in [5, 5.41) is 12.1. The molecule has 0 radical (unpaired) electrons. The molecule has 1 aromatic heterocycles. The van der Waals surface area contributed by atoms with E-state index < -0.39 is 0 Å². The summed E-state index contributed by atoms with van der Waals surface area (Å²) < 4.78 is 5.72. The van der Waals surface area contributed by atoms with E-state index in [2.05, 4.69) is 34.6 Å². The number of nitrogens with one attached hydrogen (secondary N) is 1. The summed E-state index contributed by atoms with van der Waals surface area (Å²) in [4.78, 5) is 17.6. The van der Waals surface area contributed by atoms with E-state index in [1.807, 2.05) is 26.8 Å². The molecule has 0 saturated heterocycles. The van der Waals surface area contributed by atoms with E-state index in [0.717, 1.165) is 21.7 Å². The van der Waals surface area contributed by atoms with Crippen molar-refractivity contribution in [3.63, 3.8) is 0 Å². The normalized spacial score (nSPS) is 10.3. The Morgan fingerprint density at radius 3 is 2.72 bits per heavy atom. The fraction of sp³-hybridized carbons (Fsp3) is 0.174. The Morgan fingerprint density at radius 2 is 1.97 bits per heavy atom. The van der Waals surface area contributed by atoms with Crippen molar-refractivity contribution in [1.82, 2.24) is 4.98 Å². The molecule has 0 bridgehead atoms. The lowest BCUT2D eigenvalue weighted by atomic mass is 10.2. The monoisotopic (exact) mass is 403 g/mol. The number of hydrogen-bond donors (Lipinski definition) is 1. The summed E-state index contributed by atoms with van der Waals surface area (Å²) in [6.45, 7) is 5.98. The second-order valence-electron chi connectivity index (χ2n) is 6.65. The molecule has 3 rings (SSSR count). The van der Waals surface area contributed by atoms with Crippen molar-refractivity contribution in [2.24, 2.45) is 0 Å². The first kappa shape index (κ1) is 20.4. The van der Waals surface area contributed by atoms with Crippen molar-refractivity contribution in [2.75, 3.05) is 11.1 Å². The molecule has 0 aliphatic carbocycles. The standard InChI is InChI=1S/C23H21N3O2S/c1-15-6-7-16(2)21(11-15)29-14-22(27)26-20-9-8-19(12-17(20)3)28-23-18(13-24)5-4-10-25-23/h4-12H,14H2,1-3H3,(H,26,27). The summed E-state index contributed by atoms with van der Waals surface area (Å²) in [5.74, 6) is 1.09. The van der Waals surface area contributed by atoms with Crippen molar-refractivity contribution in [1.29, 1.82) is 5.26 Å². The lowest BCUT2D eigenvalue weighted by Crippen LogP contribution is -2.15. The van der Waals surface area contributed by atoms with Gasteiger partial charge in [-0.25, -0.2) is 4.98 Å². The average Bonchev–Trinajstić information content (AvgIpc) is 2.71. The van der Waals surface area contributed by atoms with Gasteiger partial charge in [-0.15, -0.1) is 11.8 Å². The Bertz CT molecular complexity index is 1090. The quantitative estimate of drug-likeness (QED) is 0.558. The average molecular weight is 404 g/mol. The molecule has 1 N–H and O–H groups in total. The number of nitrogens with zero attached hydrogens (tertiary/aromatic N) is 2. The number of ether oxygens (including phenoxy) is 1. The summed E-state index contributed by atoms with van der Waals surface area (Å²) in [7, 11) is 0. The van der Waals surface area contributed by atoms with Gasteiger partial charge in [0.05, 0.1) is 5.75 Å². The van der Waals surface area contributed by atoms with Crippen LogP contribution in [-0.4, -0.2) is 16.6 Å². The molecule has 6 heteroatoms. The van der Waals surface area contributed by atoms with Crippen LogP contribution in [0.1, 0.15) is 22.3 Å². The number of carbonyl (C=O) groups excluding carboxylic acids is 1. The second-order valence-corrected chi connectivity index (χ2v) is 7.67. The van der Waals surface area contributed by atoms with Crippen molar-refractivity contribution in [2.45, 2.75) is 25.7 Å². The lowest BCUT2D eigenvalue weighted by molar-refractivity contribution is -0.113. The minimum absolute atomic E-state index is 0.0656. The molecule has 0 fully saturated rings. The van der Waals surface area contributed by atoms with Gasteiger partial charge in [-0.3, -0.25) is 4.79 Å². The lowest BCUT2D eigenvalue weighted by Gasteiger charge is -2.12. The minimum Gasteiger partial charge on any atom is -0.438 e. The number of rotatable bonds is 6. The largest absolute Gasteiger partial charge is 0.438 e. The number of benzene rings is 2. The third kappa shape index (κ3) is 5.37. The molecule has 1 heterocycles. The van der Waals surface area contributed by atoms with Gasteiger partial charge in [0.2, 0.25) is 11.8 Å². The van der Waals surface area contributed by atoms with Crippen LogP contribution in [0, 0.1) is 32.1 Å². The zero-order chi connectivity index (χ0) is 20.8. The topological polar surface area (TPSA) is 75.0 Å². The summed E-state index contributed by atoms with van der Waals surface area (Å²) in [5.41, 5.74) is 4.30. The van der Waals surface area contributed by atoms with Crippen LogP contribution in [0.3, 0.4) is 0 Å². The molecule has 0 saturated carbocycles. The second kappa shape index (κ2) is 9.26. The Balaban J connectivity index is 1.63. The number of aryl methyl sites for hydroxylation is 3. The Labute approximate surface area is 174 Å². The SMILES string of the molecule is Cc1ccc(C)c(SCC(=O)Nc2ccc(Oc3ncccc3C#N)cc2C)c1. The molecule has 5 nitrogen and oxygen atoms in total. The Hall–Kier alpha value is -3.30. The van der Waals surface area contributed by atoms with Gasteiger partial charge in [0.25, 0.3) is 0 Å². The van der Waals surface area contributed by atoms with E-state index in [9.17, 15) is 4.79 Å². The first-order valence-electron chi connectivity index (χ1n) is 9.10. The van der Waals surface area contributed by atoms with Gasteiger partial charge >= 0.3 is 0 Å². The van der Waals surface area contributed by atoms with E-state index >= 15 is 0 Å². The van der Waals surface area contributed by atoms with E-state index in [1.165, 1.54) is 17.3 Å². The van der Waals surface area contributed by atoms with Gasteiger partial charge in [-0.2, -0.15) is 5.26 Å². The van der Waals surface area contributed by atoms with E-state index in [-0.39, 0.29) is 11.8 Å². The van der Waals surface area contributed by atoms with Crippen LogP contribution in [-0.2, 0) is 4.79 Å². The zero-order valence-corrected chi connectivity index (χ0v) is 17.3. The number of hydrogen-bond acceptors (Lipinski definition) is 5. The summed E-state index contributed by atoms with van der Waals surface area (Å²) in [6.07, 6.45) is 1.57. The van der Waals surface area contributed by atoms with Crippen molar-refractivity contribution in [3.8, 4) is 17.7 Å². The molecular formula is C23H21N3O2S.